The van der Waals surface area contributed by atoms with Crippen molar-refractivity contribution in [2.45, 2.75) is 19.4 Å². The lowest BCUT2D eigenvalue weighted by molar-refractivity contribution is 0.0825. The average molecular weight is 172 g/mol. The van der Waals surface area contributed by atoms with Crippen molar-refractivity contribution in [1.82, 2.24) is 0 Å². The molecule has 0 spiro atoms. The Kier molecular flexibility index (Phi) is 2.20. The number of ether oxygens (including phenoxy) is 1. The van der Waals surface area contributed by atoms with Crippen LogP contribution in [0.2, 0.25) is 0 Å². The van der Waals surface area contributed by atoms with Crippen molar-refractivity contribution in [3.05, 3.63) is 17.0 Å². The zero-order valence-electron chi connectivity index (χ0n) is 6.92. The van der Waals surface area contributed by atoms with Gasteiger partial charge >= 0.3 is 0 Å². The molecule has 62 valence electrons. The van der Waals surface area contributed by atoms with Gasteiger partial charge in [-0.05, 0) is 26.0 Å². The molecular formula is C8H12O2S. The Morgan fingerprint density at radius 2 is 2.09 bits per heavy atom. The summed E-state index contributed by atoms with van der Waals surface area (Å²) in [7, 11) is 1.62. The van der Waals surface area contributed by atoms with E-state index in [-0.39, 0.29) is 0 Å². The number of hydrogen-bond acceptors (Lipinski definition) is 3. The molecule has 1 rings (SSSR count). The first-order chi connectivity index (χ1) is 5.04. The highest BCUT2D eigenvalue weighted by Gasteiger charge is 2.18. The summed E-state index contributed by atoms with van der Waals surface area (Å²) in [6.07, 6.45) is 0. The summed E-state index contributed by atoms with van der Waals surface area (Å²) >= 11 is 1.47. The van der Waals surface area contributed by atoms with Crippen LogP contribution in [0.1, 0.15) is 18.7 Å². The van der Waals surface area contributed by atoms with E-state index in [1.54, 1.807) is 21.0 Å². The summed E-state index contributed by atoms with van der Waals surface area (Å²) < 4.78 is 5.00. The molecule has 0 aliphatic heterocycles. The van der Waals surface area contributed by atoms with E-state index >= 15 is 0 Å². The van der Waals surface area contributed by atoms with Gasteiger partial charge in [-0.1, -0.05) is 0 Å². The van der Waals surface area contributed by atoms with Crippen molar-refractivity contribution < 1.29 is 9.84 Å². The molecule has 1 aromatic heterocycles. The fourth-order valence-corrected chi connectivity index (χ4v) is 1.58. The van der Waals surface area contributed by atoms with E-state index in [1.807, 2.05) is 12.1 Å². The molecule has 11 heavy (non-hydrogen) atoms. The van der Waals surface area contributed by atoms with Crippen LogP contribution < -0.4 is 4.74 Å². The molecule has 1 heterocycles. The van der Waals surface area contributed by atoms with Gasteiger partial charge < -0.3 is 9.84 Å². The van der Waals surface area contributed by atoms with Crippen LogP contribution in [-0.2, 0) is 5.60 Å². The third kappa shape index (κ3) is 1.94. The predicted octanol–water partition coefficient (Wildman–Crippen LogP) is 1.98. The van der Waals surface area contributed by atoms with Gasteiger partial charge in [-0.25, -0.2) is 0 Å². The van der Waals surface area contributed by atoms with Crippen LogP contribution >= 0.6 is 11.3 Å². The topological polar surface area (TPSA) is 29.5 Å². The summed E-state index contributed by atoms with van der Waals surface area (Å²) in [4.78, 5) is 0.925. The smallest absolute Gasteiger partial charge is 0.173 e. The molecular weight excluding hydrogens is 160 g/mol. The molecule has 0 atom stereocenters. The largest absolute Gasteiger partial charge is 0.487 e. The number of methoxy groups -OCH3 is 1. The molecule has 0 aliphatic rings. The number of hydrogen-bond donors (Lipinski definition) is 1. The average Bonchev–Trinajstić information content (AvgIpc) is 2.32. The highest BCUT2D eigenvalue weighted by molar-refractivity contribution is 7.13. The molecule has 2 nitrogen and oxygen atoms in total. The first-order valence-corrected chi connectivity index (χ1v) is 4.22. The molecule has 0 bridgehead atoms. The minimum absolute atomic E-state index is 0.749. The van der Waals surface area contributed by atoms with Crippen molar-refractivity contribution in [1.29, 1.82) is 0 Å². The SMILES string of the molecule is COc1ccc(C(C)(C)O)s1. The summed E-state index contributed by atoms with van der Waals surface area (Å²) in [6, 6.07) is 3.74. The van der Waals surface area contributed by atoms with Gasteiger partial charge in [-0.15, -0.1) is 11.3 Å². The van der Waals surface area contributed by atoms with Crippen molar-refractivity contribution in [3.63, 3.8) is 0 Å². The second-order valence-electron chi connectivity index (χ2n) is 2.88. The van der Waals surface area contributed by atoms with Crippen molar-refractivity contribution >= 4 is 11.3 Å². The third-order valence-corrected chi connectivity index (χ3v) is 2.74. The Morgan fingerprint density at radius 1 is 1.45 bits per heavy atom. The van der Waals surface area contributed by atoms with E-state index < -0.39 is 5.60 Å². The summed E-state index contributed by atoms with van der Waals surface area (Å²) in [5, 5.41) is 10.4. The Hall–Kier alpha value is -0.540. The molecule has 0 unspecified atom stereocenters. The summed E-state index contributed by atoms with van der Waals surface area (Å²) in [6.45, 7) is 3.52. The molecule has 0 saturated carbocycles. The van der Waals surface area contributed by atoms with E-state index in [0.717, 1.165) is 9.94 Å². The lowest BCUT2D eigenvalue weighted by Gasteiger charge is -2.13. The van der Waals surface area contributed by atoms with Gasteiger partial charge in [-0.3, -0.25) is 0 Å². The van der Waals surface area contributed by atoms with Crippen LogP contribution in [0.5, 0.6) is 5.06 Å². The maximum absolute atomic E-state index is 9.55. The molecule has 0 aromatic carbocycles. The predicted molar refractivity (Wildman–Crippen MR) is 46.1 cm³/mol. The molecule has 3 heteroatoms. The fourth-order valence-electron chi connectivity index (χ4n) is 0.759. The molecule has 1 aromatic rings. The van der Waals surface area contributed by atoms with E-state index in [1.165, 1.54) is 11.3 Å². The maximum Gasteiger partial charge on any atom is 0.173 e. The Balaban J connectivity index is 2.89. The summed E-state index contributed by atoms with van der Waals surface area (Å²) in [5.41, 5.74) is -0.749. The Bertz CT molecular complexity index is 234. The van der Waals surface area contributed by atoms with Crippen molar-refractivity contribution in [2.75, 3.05) is 7.11 Å². The van der Waals surface area contributed by atoms with Gasteiger partial charge in [0, 0.05) is 4.88 Å². The second-order valence-corrected chi connectivity index (χ2v) is 3.93. The molecule has 0 amide bonds. The van der Waals surface area contributed by atoms with Crippen molar-refractivity contribution in [3.8, 4) is 5.06 Å². The van der Waals surface area contributed by atoms with Gasteiger partial charge in [0.1, 0.15) is 0 Å². The fraction of sp³-hybridized carbons (Fsp3) is 0.500. The summed E-state index contributed by atoms with van der Waals surface area (Å²) in [5.74, 6) is 0. The first-order valence-electron chi connectivity index (χ1n) is 3.40. The number of aliphatic hydroxyl groups is 1. The van der Waals surface area contributed by atoms with Gasteiger partial charge in [-0.2, -0.15) is 0 Å². The van der Waals surface area contributed by atoms with Crippen LogP contribution in [0, 0.1) is 0 Å². The lowest BCUT2D eigenvalue weighted by Crippen LogP contribution is -2.12. The monoisotopic (exact) mass is 172 g/mol. The minimum Gasteiger partial charge on any atom is -0.487 e. The molecule has 0 saturated heterocycles. The Labute approximate surface area is 70.4 Å². The van der Waals surface area contributed by atoms with E-state index in [0.29, 0.717) is 0 Å². The second kappa shape index (κ2) is 2.83. The van der Waals surface area contributed by atoms with Crippen LogP contribution in [0.25, 0.3) is 0 Å². The molecule has 0 aliphatic carbocycles. The van der Waals surface area contributed by atoms with Gasteiger partial charge in [0.15, 0.2) is 5.06 Å². The molecule has 1 N–H and O–H groups in total. The van der Waals surface area contributed by atoms with Crippen LogP contribution in [0.15, 0.2) is 12.1 Å². The highest BCUT2D eigenvalue weighted by atomic mass is 32.1. The lowest BCUT2D eigenvalue weighted by atomic mass is 10.1. The Morgan fingerprint density at radius 3 is 2.36 bits per heavy atom. The number of rotatable bonds is 2. The first kappa shape index (κ1) is 8.56. The standard InChI is InChI=1S/C8H12O2S/c1-8(2,9)6-4-5-7(10-3)11-6/h4-5,9H,1-3H3. The quantitative estimate of drug-likeness (QED) is 0.739. The van der Waals surface area contributed by atoms with Gasteiger partial charge in [0.25, 0.3) is 0 Å². The van der Waals surface area contributed by atoms with Crippen LogP contribution in [0.3, 0.4) is 0 Å². The van der Waals surface area contributed by atoms with Crippen LogP contribution in [0.4, 0.5) is 0 Å². The van der Waals surface area contributed by atoms with E-state index in [4.69, 9.17) is 4.74 Å². The molecule has 0 radical (unpaired) electrons. The normalized spacial score (nSPS) is 11.6. The molecule has 0 fully saturated rings. The number of thiophene rings is 1. The van der Waals surface area contributed by atoms with E-state index in [2.05, 4.69) is 0 Å². The zero-order chi connectivity index (χ0) is 8.48. The third-order valence-electron chi connectivity index (χ3n) is 1.39. The van der Waals surface area contributed by atoms with E-state index in [9.17, 15) is 5.11 Å². The maximum atomic E-state index is 9.55. The highest BCUT2D eigenvalue weighted by Crippen LogP contribution is 2.31. The van der Waals surface area contributed by atoms with Crippen LogP contribution in [-0.4, -0.2) is 12.2 Å². The minimum atomic E-state index is -0.749. The van der Waals surface area contributed by atoms with Gasteiger partial charge in [0.05, 0.1) is 12.7 Å². The van der Waals surface area contributed by atoms with Crippen molar-refractivity contribution in [2.24, 2.45) is 0 Å². The zero-order valence-corrected chi connectivity index (χ0v) is 7.73. The van der Waals surface area contributed by atoms with Gasteiger partial charge in [0.2, 0.25) is 0 Å².